The summed E-state index contributed by atoms with van der Waals surface area (Å²) in [5.74, 6) is -0.476. The number of likely N-dealkylation sites (N-methyl/N-ethyl adjacent to an activating group) is 1. The van der Waals surface area contributed by atoms with Crippen LogP contribution in [0.3, 0.4) is 0 Å². The van der Waals surface area contributed by atoms with E-state index in [2.05, 4.69) is 5.32 Å². The van der Waals surface area contributed by atoms with E-state index in [1.54, 1.807) is 12.1 Å². The van der Waals surface area contributed by atoms with Crippen molar-refractivity contribution < 1.29 is 28.6 Å². The number of carbonyl (C=O) groups is 3. The fourth-order valence-corrected chi connectivity index (χ4v) is 2.44. The lowest BCUT2D eigenvalue weighted by atomic mass is 10.2. The molecule has 146 valence electrons. The first-order valence-corrected chi connectivity index (χ1v) is 8.73. The van der Waals surface area contributed by atoms with Gasteiger partial charge in [0.1, 0.15) is 0 Å². The lowest BCUT2D eigenvalue weighted by Gasteiger charge is -2.16. The number of ether oxygens (including phenoxy) is 3. The molecule has 1 heterocycles. The summed E-state index contributed by atoms with van der Waals surface area (Å²) in [6.45, 7) is 2.02. The molecule has 1 aromatic rings. The van der Waals surface area contributed by atoms with Crippen LogP contribution in [0.2, 0.25) is 5.02 Å². The van der Waals surface area contributed by atoms with Crippen LogP contribution in [0, 0.1) is 0 Å². The standard InChI is InChI=1S/C18H21ClN2O6/c1-3-6-20-15(22)9-21(2)16(23)10-25-17(24)5-4-12-7-13(19)18-14(8-12)26-11-27-18/h4-5,7-8H,3,6,9-11H2,1-2H3,(H,20,22)/b5-4+. The molecule has 8 nitrogen and oxygen atoms in total. The Morgan fingerprint density at radius 1 is 1.33 bits per heavy atom. The molecule has 0 saturated heterocycles. The Morgan fingerprint density at radius 2 is 2.11 bits per heavy atom. The van der Waals surface area contributed by atoms with Gasteiger partial charge < -0.3 is 24.4 Å². The zero-order valence-electron chi connectivity index (χ0n) is 15.1. The van der Waals surface area contributed by atoms with Crippen LogP contribution < -0.4 is 14.8 Å². The molecular weight excluding hydrogens is 376 g/mol. The third kappa shape index (κ3) is 6.18. The van der Waals surface area contributed by atoms with E-state index in [0.717, 1.165) is 6.42 Å². The fraction of sp³-hybridized carbons (Fsp3) is 0.389. The van der Waals surface area contributed by atoms with Gasteiger partial charge in [-0.25, -0.2) is 4.79 Å². The van der Waals surface area contributed by atoms with Gasteiger partial charge in [0.2, 0.25) is 12.7 Å². The lowest BCUT2D eigenvalue weighted by Crippen LogP contribution is -2.40. The molecule has 2 amide bonds. The topological polar surface area (TPSA) is 94.2 Å². The highest BCUT2D eigenvalue weighted by Gasteiger charge is 2.18. The first-order valence-electron chi connectivity index (χ1n) is 8.35. The Bertz CT molecular complexity index is 750. The largest absolute Gasteiger partial charge is 0.454 e. The molecule has 1 aliphatic heterocycles. The number of benzene rings is 1. The van der Waals surface area contributed by atoms with Gasteiger partial charge in [0.15, 0.2) is 18.1 Å². The van der Waals surface area contributed by atoms with E-state index < -0.39 is 18.5 Å². The first-order chi connectivity index (χ1) is 12.9. The van der Waals surface area contributed by atoms with Crippen LogP contribution in [0.5, 0.6) is 11.5 Å². The molecule has 9 heteroatoms. The first kappa shape index (κ1) is 20.6. The molecule has 0 atom stereocenters. The van der Waals surface area contributed by atoms with E-state index in [9.17, 15) is 14.4 Å². The van der Waals surface area contributed by atoms with Gasteiger partial charge in [-0.15, -0.1) is 0 Å². The Morgan fingerprint density at radius 3 is 2.85 bits per heavy atom. The molecule has 1 aromatic carbocycles. The number of hydrogen-bond donors (Lipinski definition) is 1. The van der Waals surface area contributed by atoms with Crippen LogP contribution in [0.4, 0.5) is 0 Å². The summed E-state index contributed by atoms with van der Waals surface area (Å²) in [5.41, 5.74) is 0.622. The number of rotatable bonds is 8. The number of nitrogens with one attached hydrogen (secondary N) is 1. The summed E-state index contributed by atoms with van der Waals surface area (Å²) in [4.78, 5) is 36.4. The zero-order chi connectivity index (χ0) is 19.8. The minimum absolute atomic E-state index is 0.0936. The van der Waals surface area contributed by atoms with E-state index in [1.807, 2.05) is 6.92 Å². The molecule has 0 saturated carbocycles. The monoisotopic (exact) mass is 396 g/mol. The Balaban J connectivity index is 1.80. The maximum atomic E-state index is 11.9. The summed E-state index contributed by atoms with van der Waals surface area (Å²) in [5, 5.41) is 3.03. The molecule has 0 unspecified atom stereocenters. The molecule has 2 rings (SSSR count). The van der Waals surface area contributed by atoms with Gasteiger partial charge in [-0.3, -0.25) is 9.59 Å². The van der Waals surface area contributed by atoms with Crippen LogP contribution >= 0.6 is 11.6 Å². The highest BCUT2D eigenvalue weighted by Crippen LogP contribution is 2.40. The molecule has 0 spiro atoms. The third-order valence-corrected chi connectivity index (χ3v) is 3.86. The van der Waals surface area contributed by atoms with E-state index >= 15 is 0 Å². The van der Waals surface area contributed by atoms with E-state index in [-0.39, 0.29) is 19.2 Å². The highest BCUT2D eigenvalue weighted by atomic mass is 35.5. The van der Waals surface area contributed by atoms with Crippen molar-refractivity contribution >= 4 is 35.5 Å². The Labute approximate surface area is 162 Å². The summed E-state index contributed by atoms with van der Waals surface area (Å²) < 4.78 is 15.3. The van der Waals surface area contributed by atoms with Crippen molar-refractivity contribution in [1.29, 1.82) is 0 Å². The second-order valence-corrected chi connectivity index (χ2v) is 6.18. The average molecular weight is 397 g/mol. The summed E-state index contributed by atoms with van der Waals surface area (Å²) in [6, 6.07) is 3.29. The average Bonchev–Trinajstić information content (AvgIpc) is 3.11. The number of fused-ring (bicyclic) bond motifs is 1. The van der Waals surface area contributed by atoms with Crippen molar-refractivity contribution in [3.63, 3.8) is 0 Å². The predicted octanol–water partition coefficient (Wildman–Crippen LogP) is 1.61. The number of nitrogens with zero attached hydrogens (tertiary/aromatic N) is 1. The molecule has 1 N–H and O–H groups in total. The molecular formula is C18H21ClN2O6. The maximum Gasteiger partial charge on any atom is 0.331 e. The van der Waals surface area contributed by atoms with E-state index in [0.29, 0.717) is 28.6 Å². The van der Waals surface area contributed by atoms with E-state index in [1.165, 1.54) is 24.1 Å². The number of amides is 2. The number of esters is 1. The van der Waals surface area contributed by atoms with Crippen LogP contribution in [0.15, 0.2) is 18.2 Å². The summed E-state index contributed by atoms with van der Waals surface area (Å²) in [7, 11) is 1.46. The highest BCUT2D eigenvalue weighted by molar-refractivity contribution is 6.32. The van der Waals surface area contributed by atoms with Crippen LogP contribution in [0.1, 0.15) is 18.9 Å². The molecule has 0 bridgehead atoms. The van der Waals surface area contributed by atoms with E-state index in [4.69, 9.17) is 25.8 Å². The van der Waals surface area contributed by atoms with Crippen molar-refractivity contribution in [1.82, 2.24) is 10.2 Å². The van der Waals surface area contributed by atoms with Gasteiger partial charge >= 0.3 is 5.97 Å². The van der Waals surface area contributed by atoms with Gasteiger partial charge in [0, 0.05) is 19.7 Å². The minimum Gasteiger partial charge on any atom is -0.454 e. The second-order valence-electron chi connectivity index (χ2n) is 5.78. The van der Waals surface area contributed by atoms with Crippen molar-refractivity contribution in [3.8, 4) is 11.5 Å². The number of hydrogen-bond acceptors (Lipinski definition) is 6. The van der Waals surface area contributed by atoms with Gasteiger partial charge in [0.05, 0.1) is 11.6 Å². The maximum absolute atomic E-state index is 11.9. The van der Waals surface area contributed by atoms with Crippen molar-refractivity contribution in [2.24, 2.45) is 0 Å². The minimum atomic E-state index is -0.694. The lowest BCUT2D eigenvalue weighted by molar-refractivity contribution is -0.148. The van der Waals surface area contributed by atoms with Crippen LogP contribution in [-0.4, -0.2) is 56.2 Å². The summed E-state index contributed by atoms with van der Waals surface area (Å²) in [6.07, 6.45) is 3.47. The predicted molar refractivity (Wildman–Crippen MR) is 98.5 cm³/mol. The Kier molecular flexibility index (Phi) is 7.48. The quantitative estimate of drug-likeness (QED) is 0.530. The third-order valence-electron chi connectivity index (χ3n) is 3.58. The van der Waals surface area contributed by atoms with Crippen molar-refractivity contribution in [2.75, 3.05) is 33.5 Å². The molecule has 0 fully saturated rings. The molecule has 0 aliphatic carbocycles. The normalized spacial score (nSPS) is 12.1. The molecule has 1 aliphatic rings. The van der Waals surface area contributed by atoms with Gasteiger partial charge in [-0.05, 0) is 30.2 Å². The van der Waals surface area contributed by atoms with Gasteiger partial charge in [-0.2, -0.15) is 0 Å². The van der Waals surface area contributed by atoms with Gasteiger partial charge in [0.25, 0.3) is 5.91 Å². The molecule has 0 aromatic heterocycles. The SMILES string of the molecule is CCCNC(=O)CN(C)C(=O)COC(=O)/C=C/c1cc(Cl)c2c(c1)OCO2. The number of halogens is 1. The molecule has 27 heavy (non-hydrogen) atoms. The van der Waals surface area contributed by atoms with Crippen molar-refractivity contribution in [2.45, 2.75) is 13.3 Å². The fourth-order valence-electron chi connectivity index (χ4n) is 2.16. The smallest absolute Gasteiger partial charge is 0.331 e. The van der Waals surface area contributed by atoms with Crippen molar-refractivity contribution in [3.05, 3.63) is 28.8 Å². The molecule has 0 radical (unpaired) electrons. The van der Waals surface area contributed by atoms with Crippen LogP contribution in [0.25, 0.3) is 6.08 Å². The second kappa shape index (κ2) is 9.82. The van der Waals surface area contributed by atoms with Gasteiger partial charge in [-0.1, -0.05) is 18.5 Å². The zero-order valence-corrected chi connectivity index (χ0v) is 15.9. The Hall–Kier alpha value is -2.74. The van der Waals surface area contributed by atoms with Crippen LogP contribution in [-0.2, 0) is 19.1 Å². The number of carbonyl (C=O) groups excluding carboxylic acids is 3. The summed E-state index contributed by atoms with van der Waals surface area (Å²) >= 11 is 6.06.